The van der Waals surface area contributed by atoms with Gasteiger partial charge in [-0.1, -0.05) is 0 Å². The normalized spacial score (nSPS) is 11.0. The largest absolute Gasteiger partial charge is 0.369 e. The fourth-order valence-electron chi connectivity index (χ4n) is 2.02. The van der Waals surface area contributed by atoms with Gasteiger partial charge in [0, 0.05) is 20.1 Å². The van der Waals surface area contributed by atoms with Crippen molar-refractivity contribution in [2.24, 2.45) is 17.2 Å². The summed E-state index contributed by atoms with van der Waals surface area (Å²) in [6.45, 7) is 1.02. The summed E-state index contributed by atoms with van der Waals surface area (Å²) in [5.74, 6) is -1.97. The average molecular weight is 355 g/mol. The number of hydrogen-bond donors (Lipinski definition) is 4. The van der Waals surface area contributed by atoms with Crippen LogP contribution in [0.25, 0.3) is 0 Å². The van der Waals surface area contributed by atoms with Crippen LogP contribution in [0.2, 0.25) is 0 Å². The van der Waals surface area contributed by atoms with Gasteiger partial charge in [0.1, 0.15) is 0 Å². The summed E-state index contributed by atoms with van der Waals surface area (Å²) in [6.07, 6.45) is 0. The molecule has 0 rings (SSSR count). The molecule has 2 radical (unpaired) electrons. The highest BCUT2D eigenvalue weighted by Gasteiger charge is 2.15. The molecule has 0 aromatic heterocycles. The molecule has 0 aromatic rings. The van der Waals surface area contributed by atoms with E-state index >= 15 is 0 Å². The predicted octanol–water partition coefficient (Wildman–Crippen LogP) is -4.82. The molecular weight excluding hydrogens is 329 g/mol. The second-order valence-electron chi connectivity index (χ2n) is 5.53. The predicted molar refractivity (Wildman–Crippen MR) is 91.9 cm³/mol. The van der Waals surface area contributed by atoms with E-state index in [4.69, 9.17) is 25.2 Å². The molecule has 0 unspecified atom stereocenters. The Labute approximate surface area is 148 Å². The molecule has 0 heterocycles. The van der Waals surface area contributed by atoms with Crippen molar-refractivity contribution in [3.63, 3.8) is 0 Å². The monoisotopic (exact) mass is 355 g/mol. The number of amides is 4. The first-order valence-corrected chi connectivity index (χ1v) is 7.63. The highest BCUT2D eigenvalue weighted by molar-refractivity contribution is 6.04. The Bertz CT molecular complexity index is 461. The first-order chi connectivity index (χ1) is 11.6. The lowest BCUT2D eigenvalue weighted by atomic mass is 10.2. The maximum atomic E-state index is 11.4. The van der Waals surface area contributed by atoms with Crippen molar-refractivity contribution in [3.8, 4) is 0 Å². The van der Waals surface area contributed by atoms with E-state index in [0.717, 1.165) is 0 Å². The fourth-order valence-corrected chi connectivity index (χ4v) is 2.02. The van der Waals surface area contributed by atoms with Crippen molar-refractivity contribution in [2.45, 2.75) is 0 Å². The summed E-state index contributed by atoms with van der Waals surface area (Å²) in [5, 5.41) is 2.46. The molecule has 0 saturated heterocycles. The zero-order valence-corrected chi connectivity index (χ0v) is 14.4. The van der Waals surface area contributed by atoms with Gasteiger partial charge >= 0.3 is 0 Å². The smallest absolute Gasteiger partial charge is 0.233 e. The van der Waals surface area contributed by atoms with E-state index < -0.39 is 17.7 Å². The number of nitrogens with zero attached hydrogens (tertiary/aromatic N) is 3. The van der Waals surface area contributed by atoms with Gasteiger partial charge in [-0.3, -0.25) is 29.0 Å². The second kappa shape index (κ2) is 12.2. The molecule has 0 aromatic carbocycles. The molecule has 140 valence electrons. The van der Waals surface area contributed by atoms with E-state index in [9.17, 15) is 19.2 Å². The minimum Gasteiger partial charge on any atom is -0.369 e. The molecule has 25 heavy (non-hydrogen) atoms. The Balaban J connectivity index is 4.40. The Kier molecular flexibility index (Phi) is 11.2. The van der Waals surface area contributed by atoms with Crippen LogP contribution in [0.3, 0.4) is 0 Å². The third-order valence-electron chi connectivity index (χ3n) is 3.19. The lowest BCUT2D eigenvalue weighted by Gasteiger charge is -2.26. The summed E-state index contributed by atoms with van der Waals surface area (Å²) in [5.41, 5.74) is 15.4. The Morgan fingerprint density at radius 3 is 1.44 bits per heavy atom. The van der Waals surface area contributed by atoms with Gasteiger partial charge in [-0.25, -0.2) is 0 Å². The minimum absolute atomic E-state index is 0.0166. The Hall–Kier alpha value is -2.18. The molecule has 0 aliphatic carbocycles. The quantitative estimate of drug-likeness (QED) is 0.227. The van der Waals surface area contributed by atoms with Crippen LogP contribution in [0, 0.1) is 0 Å². The molecule has 0 aliphatic heterocycles. The number of rotatable bonds is 14. The van der Waals surface area contributed by atoms with E-state index in [2.05, 4.69) is 5.32 Å². The molecule has 7 N–H and O–H groups in total. The topological polar surface area (TPSA) is 168 Å². The Morgan fingerprint density at radius 2 is 1.12 bits per heavy atom. The highest BCUT2D eigenvalue weighted by Crippen LogP contribution is 1.93. The van der Waals surface area contributed by atoms with Crippen LogP contribution in [-0.2, 0) is 19.2 Å². The van der Waals surface area contributed by atoms with Gasteiger partial charge < -0.3 is 27.3 Å². The fraction of sp³-hybridized carbons (Fsp3) is 0.692. The first-order valence-electron chi connectivity index (χ1n) is 7.63. The van der Waals surface area contributed by atoms with Crippen LogP contribution in [0.4, 0.5) is 0 Å². The van der Waals surface area contributed by atoms with Crippen LogP contribution in [0.1, 0.15) is 0 Å². The van der Waals surface area contributed by atoms with Gasteiger partial charge in [0.25, 0.3) is 0 Å². The number of carbonyl (C=O) groups is 4. The van der Waals surface area contributed by atoms with Gasteiger partial charge in [-0.15, -0.1) is 0 Å². The van der Waals surface area contributed by atoms with Gasteiger partial charge in [0.2, 0.25) is 23.6 Å². The van der Waals surface area contributed by atoms with Crippen LogP contribution < -0.4 is 22.5 Å². The molecule has 0 saturated carbocycles. The maximum Gasteiger partial charge on any atom is 0.233 e. The SMILES string of the molecule is [B]N(CCN(CC(N)=O)CC(N)=O)CCN(CC(N)=O)CC(=O)NC. The third-order valence-corrected chi connectivity index (χ3v) is 3.19. The molecule has 4 amide bonds. The van der Waals surface area contributed by atoms with E-state index in [0.29, 0.717) is 26.2 Å². The van der Waals surface area contributed by atoms with E-state index in [1.807, 2.05) is 0 Å². The number of nitrogens with two attached hydrogens (primary N) is 3. The van der Waals surface area contributed by atoms with Crippen molar-refractivity contribution in [1.82, 2.24) is 19.9 Å². The molecule has 0 fully saturated rings. The van der Waals surface area contributed by atoms with Crippen molar-refractivity contribution < 1.29 is 19.2 Å². The maximum absolute atomic E-state index is 11.4. The number of carbonyl (C=O) groups excluding carboxylic acids is 4. The van der Waals surface area contributed by atoms with E-state index in [1.165, 1.54) is 16.8 Å². The molecule has 11 nitrogen and oxygen atoms in total. The molecule has 12 heteroatoms. The molecule has 0 aliphatic rings. The summed E-state index contributed by atoms with van der Waals surface area (Å²) < 4.78 is 0. The first kappa shape index (κ1) is 22.8. The lowest BCUT2D eigenvalue weighted by molar-refractivity contribution is -0.124. The van der Waals surface area contributed by atoms with Crippen LogP contribution >= 0.6 is 0 Å². The number of nitrogens with one attached hydrogen (secondary N) is 1. The molecular formula is C13H26BN7O4. The van der Waals surface area contributed by atoms with Gasteiger partial charge in [-0.05, 0) is 13.1 Å². The molecule has 0 bridgehead atoms. The van der Waals surface area contributed by atoms with E-state index in [-0.39, 0.29) is 32.1 Å². The standard InChI is InChI=1S/C13H26BN7O4/c1-18-13(25)9-20(8-12(17)24)3-5-21(14)4-2-19(6-10(15)22)7-11(16)23/h2-9H2,1H3,(H2,15,22)(H2,16,23)(H2,17,24)(H,18,25). The van der Waals surface area contributed by atoms with Crippen molar-refractivity contribution in [3.05, 3.63) is 0 Å². The minimum atomic E-state index is -0.581. The van der Waals surface area contributed by atoms with Crippen LogP contribution in [0.15, 0.2) is 0 Å². The van der Waals surface area contributed by atoms with E-state index in [1.54, 1.807) is 4.90 Å². The number of primary amides is 3. The highest BCUT2D eigenvalue weighted by atomic mass is 16.2. The summed E-state index contributed by atoms with van der Waals surface area (Å²) in [7, 11) is 7.35. The van der Waals surface area contributed by atoms with Crippen molar-refractivity contribution in [1.29, 1.82) is 0 Å². The van der Waals surface area contributed by atoms with Crippen LogP contribution in [0.5, 0.6) is 0 Å². The zero-order valence-electron chi connectivity index (χ0n) is 14.4. The summed E-state index contributed by atoms with van der Waals surface area (Å²) in [4.78, 5) is 48.9. The van der Waals surface area contributed by atoms with Crippen LogP contribution in [-0.4, -0.2) is 106 Å². The summed E-state index contributed by atoms with van der Waals surface area (Å²) >= 11 is 0. The van der Waals surface area contributed by atoms with Gasteiger partial charge in [0.05, 0.1) is 26.2 Å². The van der Waals surface area contributed by atoms with Crippen molar-refractivity contribution >= 4 is 31.6 Å². The second-order valence-corrected chi connectivity index (χ2v) is 5.53. The molecule has 0 atom stereocenters. The zero-order chi connectivity index (χ0) is 19.4. The van der Waals surface area contributed by atoms with Gasteiger partial charge in [0.15, 0.2) is 7.98 Å². The molecule has 0 spiro atoms. The number of likely N-dealkylation sites (N-methyl/N-ethyl adjacent to an activating group) is 1. The van der Waals surface area contributed by atoms with Crippen molar-refractivity contribution in [2.75, 3.05) is 59.4 Å². The third kappa shape index (κ3) is 12.9. The summed E-state index contributed by atoms with van der Waals surface area (Å²) in [6, 6.07) is 0. The average Bonchev–Trinajstić information content (AvgIpc) is 2.48. The number of hydrogen-bond acceptors (Lipinski definition) is 7. The van der Waals surface area contributed by atoms with Gasteiger partial charge in [-0.2, -0.15) is 0 Å². The lowest BCUT2D eigenvalue weighted by Crippen LogP contribution is -2.46. The Morgan fingerprint density at radius 1 is 0.760 bits per heavy atom.